The zero-order chi connectivity index (χ0) is 25.7. The number of rotatable bonds is 20. The topological polar surface area (TPSA) is 81.7 Å². The lowest BCUT2D eigenvalue weighted by Gasteiger charge is -2.12. The molecule has 0 radical (unpaired) electrons. The van der Waals surface area contributed by atoms with Gasteiger partial charge >= 0.3 is 11.9 Å². The average Bonchev–Trinajstić information content (AvgIpc) is 2.83. The van der Waals surface area contributed by atoms with Gasteiger partial charge in [0, 0.05) is 12.1 Å². The van der Waals surface area contributed by atoms with Crippen molar-refractivity contribution >= 4 is 17.8 Å². The highest BCUT2D eigenvalue weighted by molar-refractivity contribution is 5.94. The summed E-state index contributed by atoms with van der Waals surface area (Å²) in [5.74, 6) is -0.908. The van der Waals surface area contributed by atoms with Gasteiger partial charge in [-0.15, -0.1) is 0 Å². The van der Waals surface area contributed by atoms with Crippen molar-refractivity contribution in [3.05, 3.63) is 34.9 Å². The largest absolute Gasteiger partial charge is 0.466 e. The summed E-state index contributed by atoms with van der Waals surface area (Å²) < 4.78 is 10.1. The molecule has 0 unspecified atom stereocenters. The number of ether oxygens (including phenoxy) is 2. The van der Waals surface area contributed by atoms with Gasteiger partial charge in [-0.25, -0.2) is 0 Å². The molecule has 0 aromatic heterocycles. The highest BCUT2D eigenvalue weighted by Crippen LogP contribution is 2.16. The summed E-state index contributed by atoms with van der Waals surface area (Å²) in [4.78, 5) is 36.6. The van der Waals surface area contributed by atoms with Crippen molar-refractivity contribution < 1.29 is 23.9 Å². The van der Waals surface area contributed by atoms with Gasteiger partial charge < -0.3 is 14.8 Å². The number of esters is 2. The molecule has 0 aliphatic rings. The minimum atomic E-state index is -0.383. The Morgan fingerprint density at radius 1 is 0.657 bits per heavy atom. The number of benzene rings is 1. The van der Waals surface area contributed by atoms with Gasteiger partial charge in [0.2, 0.25) is 0 Å². The molecule has 0 saturated heterocycles. The van der Waals surface area contributed by atoms with Crippen LogP contribution in [0.1, 0.15) is 119 Å². The first-order valence-electron chi connectivity index (χ1n) is 13.7. The Hall–Kier alpha value is -2.37. The fourth-order valence-electron chi connectivity index (χ4n) is 4.11. The van der Waals surface area contributed by atoms with Crippen molar-refractivity contribution in [1.82, 2.24) is 5.32 Å². The molecule has 35 heavy (non-hydrogen) atoms. The summed E-state index contributed by atoms with van der Waals surface area (Å²) in [5.41, 5.74) is 1.78. The molecular formula is C29H47NO5. The molecule has 0 fully saturated rings. The van der Waals surface area contributed by atoms with Gasteiger partial charge in [0.15, 0.2) is 0 Å². The van der Waals surface area contributed by atoms with Crippen LogP contribution in [0.2, 0.25) is 0 Å². The van der Waals surface area contributed by atoms with Crippen LogP contribution in [0.15, 0.2) is 18.2 Å². The van der Waals surface area contributed by atoms with E-state index in [1.807, 2.05) is 0 Å². The van der Waals surface area contributed by atoms with E-state index in [9.17, 15) is 14.4 Å². The van der Waals surface area contributed by atoms with Crippen molar-refractivity contribution in [2.75, 3.05) is 19.8 Å². The molecule has 0 aliphatic heterocycles. The Labute approximate surface area is 212 Å². The molecule has 1 aromatic rings. The molecule has 0 bridgehead atoms. The van der Waals surface area contributed by atoms with E-state index in [0.29, 0.717) is 29.8 Å². The highest BCUT2D eigenvalue weighted by Gasteiger charge is 2.16. The normalized spacial score (nSPS) is 10.7. The molecule has 6 heteroatoms. The second-order valence-electron chi connectivity index (χ2n) is 9.09. The molecule has 0 saturated carbocycles. The Bertz CT molecular complexity index is 747. The Balaban J connectivity index is 2.38. The highest BCUT2D eigenvalue weighted by atomic mass is 16.5. The van der Waals surface area contributed by atoms with Gasteiger partial charge in [-0.2, -0.15) is 0 Å². The van der Waals surface area contributed by atoms with Crippen LogP contribution in [-0.4, -0.2) is 37.6 Å². The molecule has 6 nitrogen and oxygen atoms in total. The summed E-state index contributed by atoms with van der Waals surface area (Å²) in [6.07, 6.45) is 15.4. The Morgan fingerprint density at radius 2 is 1.14 bits per heavy atom. The number of nitrogens with one attached hydrogen (secondary N) is 1. The molecule has 0 heterocycles. The quantitative estimate of drug-likeness (QED) is 0.171. The SMILES string of the molecule is CCCCCCCCCCCCCCNC(=O)c1ccc(CC(=O)OCC)c(CC(=O)OCC)c1. The zero-order valence-corrected chi connectivity index (χ0v) is 22.3. The average molecular weight is 490 g/mol. The maximum atomic E-state index is 12.6. The monoisotopic (exact) mass is 489 g/mol. The maximum absolute atomic E-state index is 12.6. The van der Waals surface area contributed by atoms with Gasteiger partial charge in [-0.3, -0.25) is 14.4 Å². The van der Waals surface area contributed by atoms with Crippen molar-refractivity contribution in [3.8, 4) is 0 Å². The number of hydrogen-bond acceptors (Lipinski definition) is 5. The van der Waals surface area contributed by atoms with Gasteiger partial charge in [-0.1, -0.05) is 83.6 Å². The number of hydrogen-bond donors (Lipinski definition) is 1. The smallest absolute Gasteiger partial charge is 0.310 e. The third-order valence-electron chi connectivity index (χ3n) is 6.06. The van der Waals surface area contributed by atoms with E-state index in [4.69, 9.17) is 9.47 Å². The standard InChI is InChI=1S/C29H47NO5/c1-4-7-8-9-10-11-12-13-14-15-16-17-20-30-29(33)25-19-18-24(22-27(31)34-5-2)26(21-25)23-28(32)35-6-3/h18-19,21H,4-17,20,22-23H2,1-3H3,(H,30,33). The molecular weight excluding hydrogens is 442 g/mol. The maximum Gasteiger partial charge on any atom is 0.310 e. The third kappa shape index (κ3) is 14.6. The summed E-state index contributed by atoms with van der Waals surface area (Å²) in [6, 6.07) is 5.11. The first kappa shape index (κ1) is 30.7. The molecule has 0 spiro atoms. The summed E-state index contributed by atoms with van der Waals surface area (Å²) >= 11 is 0. The molecule has 0 aliphatic carbocycles. The van der Waals surface area contributed by atoms with Crippen LogP contribution >= 0.6 is 0 Å². The predicted octanol–water partition coefficient (Wildman–Crippen LogP) is 6.33. The van der Waals surface area contributed by atoms with E-state index in [-0.39, 0.29) is 37.3 Å². The van der Waals surface area contributed by atoms with E-state index >= 15 is 0 Å². The second-order valence-corrected chi connectivity index (χ2v) is 9.09. The minimum absolute atomic E-state index is 0.0163. The van der Waals surface area contributed by atoms with Crippen molar-refractivity contribution in [2.24, 2.45) is 0 Å². The van der Waals surface area contributed by atoms with Crippen LogP contribution in [0, 0.1) is 0 Å². The first-order valence-corrected chi connectivity index (χ1v) is 13.7. The molecule has 1 N–H and O–H groups in total. The van der Waals surface area contributed by atoms with Crippen LogP contribution in [0.4, 0.5) is 0 Å². The van der Waals surface area contributed by atoms with Gasteiger partial charge in [0.1, 0.15) is 0 Å². The van der Waals surface area contributed by atoms with Gasteiger partial charge in [-0.05, 0) is 43.5 Å². The fourth-order valence-corrected chi connectivity index (χ4v) is 4.11. The fraction of sp³-hybridized carbons (Fsp3) is 0.690. The summed E-state index contributed by atoms with van der Waals surface area (Å²) in [7, 11) is 0. The summed E-state index contributed by atoms with van der Waals surface area (Å²) in [5, 5.41) is 2.97. The molecule has 198 valence electrons. The van der Waals surface area contributed by atoms with E-state index in [1.54, 1.807) is 32.0 Å². The molecule has 1 aromatic carbocycles. The van der Waals surface area contributed by atoms with Crippen LogP contribution < -0.4 is 5.32 Å². The Morgan fingerprint density at radius 3 is 1.66 bits per heavy atom. The van der Waals surface area contributed by atoms with E-state index in [1.165, 1.54) is 64.2 Å². The van der Waals surface area contributed by atoms with E-state index in [2.05, 4.69) is 12.2 Å². The number of carbonyl (C=O) groups is 3. The van der Waals surface area contributed by atoms with Crippen LogP contribution in [-0.2, 0) is 31.9 Å². The first-order chi connectivity index (χ1) is 17.0. The second kappa shape index (κ2) is 19.9. The van der Waals surface area contributed by atoms with E-state index < -0.39 is 0 Å². The predicted molar refractivity (Wildman–Crippen MR) is 141 cm³/mol. The molecule has 0 atom stereocenters. The lowest BCUT2D eigenvalue weighted by Crippen LogP contribution is -2.25. The Kier molecular flexibility index (Phi) is 17.4. The van der Waals surface area contributed by atoms with Crippen LogP contribution in [0.3, 0.4) is 0 Å². The molecule has 1 rings (SSSR count). The van der Waals surface area contributed by atoms with Crippen LogP contribution in [0.5, 0.6) is 0 Å². The lowest BCUT2D eigenvalue weighted by atomic mass is 9.98. The van der Waals surface area contributed by atoms with Gasteiger partial charge in [0.25, 0.3) is 5.91 Å². The van der Waals surface area contributed by atoms with Crippen molar-refractivity contribution in [3.63, 3.8) is 0 Å². The van der Waals surface area contributed by atoms with Crippen LogP contribution in [0.25, 0.3) is 0 Å². The number of carbonyl (C=O) groups excluding carboxylic acids is 3. The van der Waals surface area contributed by atoms with Gasteiger partial charge in [0.05, 0.1) is 26.1 Å². The van der Waals surface area contributed by atoms with Crippen molar-refractivity contribution in [1.29, 1.82) is 0 Å². The summed E-state index contributed by atoms with van der Waals surface area (Å²) in [6.45, 7) is 6.96. The lowest BCUT2D eigenvalue weighted by molar-refractivity contribution is -0.143. The zero-order valence-electron chi connectivity index (χ0n) is 22.3. The van der Waals surface area contributed by atoms with E-state index in [0.717, 1.165) is 12.8 Å². The third-order valence-corrected chi connectivity index (χ3v) is 6.06. The minimum Gasteiger partial charge on any atom is -0.466 e. The molecule has 1 amide bonds. The van der Waals surface area contributed by atoms with Crippen molar-refractivity contribution in [2.45, 2.75) is 111 Å². The number of amides is 1. The number of unbranched alkanes of at least 4 members (excludes halogenated alkanes) is 11.